The highest BCUT2D eigenvalue weighted by Gasteiger charge is 2.41. The molecule has 0 fully saturated rings. The van der Waals surface area contributed by atoms with Gasteiger partial charge in [0.05, 0.1) is 18.7 Å². The molecule has 3 rings (SSSR count). The lowest BCUT2D eigenvalue weighted by Crippen LogP contribution is -2.25. The van der Waals surface area contributed by atoms with Gasteiger partial charge in [0.1, 0.15) is 0 Å². The van der Waals surface area contributed by atoms with Gasteiger partial charge in [-0.3, -0.25) is 14.4 Å². The summed E-state index contributed by atoms with van der Waals surface area (Å²) in [6.45, 7) is 7.94. The van der Waals surface area contributed by atoms with Crippen molar-refractivity contribution in [2.75, 3.05) is 6.61 Å². The van der Waals surface area contributed by atoms with E-state index in [1.807, 2.05) is 25.1 Å². The summed E-state index contributed by atoms with van der Waals surface area (Å²) in [5, 5.41) is 15.7. The predicted octanol–water partition coefficient (Wildman–Crippen LogP) is 6.97. The summed E-state index contributed by atoms with van der Waals surface area (Å²) in [5.74, 6) is -1.47. The molecular weight excluding hydrogens is 454 g/mol. The number of carbonyl (C=O) groups is 3. The maximum absolute atomic E-state index is 13.0. The number of rotatable bonds is 12. The summed E-state index contributed by atoms with van der Waals surface area (Å²) in [6.07, 6.45) is 6.14. The number of esters is 1. The van der Waals surface area contributed by atoms with E-state index in [-0.39, 0.29) is 35.7 Å². The van der Waals surface area contributed by atoms with Crippen LogP contribution in [0.3, 0.4) is 0 Å². The van der Waals surface area contributed by atoms with Gasteiger partial charge in [0.2, 0.25) is 5.78 Å². The van der Waals surface area contributed by atoms with Crippen molar-refractivity contribution in [2.24, 2.45) is 0 Å². The van der Waals surface area contributed by atoms with Gasteiger partial charge in [0.15, 0.2) is 0 Å². The first-order valence-electron chi connectivity index (χ1n) is 12.9. The van der Waals surface area contributed by atoms with Gasteiger partial charge in [-0.15, -0.1) is 0 Å². The number of carboxylic acid groups (broad SMARTS) is 1. The molecule has 0 saturated carbocycles. The van der Waals surface area contributed by atoms with Crippen LogP contribution in [0.25, 0.3) is 11.1 Å². The molecule has 194 valence electrons. The van der Waals surface area contributed by atoms with Crippen LogP contribution in [0.4, 0.5) is 0 Å². The van der Waals surface area contributed by atoms with Crippen molar-refractivity contribution in [3.05, 3.63) is 59.2 Å². The average Bonchev–Trinajstić information content (AvgIpc) is 3.11. The first kappa shape index (κ1) is 29.0. The summed E-state index contributed by atoms with van der Waals surface area (Å²) in [6, 6.07) is 14.5. The highest BCUT2D eigenvalue weighted by Crippen LogP contribution is 2.53. The first-order chi connectivity index (χ1) is 17.2. The van der Waals surface area contributed by atoms with Crippen molar-refractivity contribution in [2.45, 2.75) is 84.5 Å². The minimum atomic E-state index is -0.833. The quantitative estimate of drug-likeness (QED) is 0.144. The molecule has 1 aliphatic carbocycles. The molecule has 0 saturated heterocycles. The minimum Gasteiger partial charge on any atom is -0.481 e. The maximum atomic E-state index is 13.0. The molecular formula is C30H39NO5. The second-order valence-electron chi connectivity index (χ2n) is 9.29. The Morgan fingerprint density at radius 1 is 0.889 bits per heavy atom. The van der Waals surface area contributed by atoms with E-state index in [1.165, 1.54) is 22.3 Å². The first-order valence-corrected chi connectivity index (χ1v) is 12.9. The Morgan fingerprint density at radius 3 is 2.11 bits per heavy atom. The van der Waals surface area contributed by atoms with Crippen LogP contribution in [0.1, 0.15) is 101 Å². The van der Waals surface area contributed by atoms with Gasteiger partial charge >= 0.3 is 5.97 Å². The third-order valence-electron chi connectivity index (χ3n) is 6.50. The molecule has 0 atom stereocenters. The number of nitrogens with one attached hydrogen (secondary N) is 1. The number of fused-ring (bicyclic) bond motifs is 3. The lowest BCUT2D eigenvalue weighted by atomic mass is 9.71. The number of ketones is 1. The van der Waals surface area contributed by atoms with Crippen molar-refractivity contribution < 1.29 is 24.2 Å². The Bertz CT molecular complexity index is 1080. The number of unbranched alkanes of at least 4 members (excludes halogenated alkanes) is 1. The standard InChI is InChI=1S/C28H35NO3.C2H4O2/c1-4-7-18-32-26(30)15-14-25(29)27(31)20-12-13-22-21-10-8-9-11-23(21)28(16-5-2,17-6-3)24(22)19-20;1-2(3)4/h8-13,19,29H,4-7,14-18H2,1-3H3;1H3,(H,3,4). The Hall–Kier alpha value is -3.28. The van der Waals surface area contributed by atoms with Crippen molar-refractivity contribution in [3.63, 3.8) is 0 Å². The zero-order chi connectivity index (χ0) is 26.7. The Morgan fingerprint density at radius 2 is 1.50 bits per heavy atom. The van der Waals surface area contributed by atoms with Gasteiger partial charge in [0.25, 0.3) is 5.97 Å². The zero-order valence-corrected chi connectivity index (χ0v) is 22.0. The van der Waals surface area contributed by atoms with Gasteiger partial charge < -0.3 is 15.3 Å². The summed E-state index contributed by atoms with van der Waals surface area (Å²) < 4.78 is 5.15. The monoisotopic (exact) mass is 493 g/mol. The minimum absolute atomic E-state index is 0.0375. The summed E-state index contributed by atoms with van der Waals surface area (Å²) in [4.78, 5) is 33.9. The lowest BCUT2D eigenvalue weighted by Gasteiger charge is -2.32. The zero-order valence-electron chi connectivity index (χ0n) is 22.0. The number of ether oxygens (including phenoxy) is 1. The fourth-order valence-corrected chi connectivity index (χ4v) is 5.03. The van der Waals surface area contributed by atoms with E-state index in [2.05, 4.69) is 38.1 Å². The molecule has 6 nitrogen and oxygen atoms in total. The van der Waals surface area contributed by atoms with Gasteiger partial charge in [-0.1, -0.05) is 76.4 Å². The molecule has 2 N–H and O–H groups in total. The lowest BCUT2D eigenvalue weighted by molar-refractivity contribution is -0.143. The van der Waals surface area contributed by atoms with E-state index >= 15 is 0 Å². The number of hydrogen-bond donors (Lipinski definition) is 2. The fourth-order valence-electron chi connectivity index (χ4n) is 5.03. The Kier molecular flexibility index (Phi) is 11.0. The molecule has 0 heterocycles. The van der Waals surface area contributed by atoms with Crippen molar-refractivity contribution in [3.8, 4) is 11.1 Å². The van der Waals surface area contributed by atoms with Crippen LogP contribution in [-0.4, -0.2) is 35.1 Å². The van der Waals surface area contributed by atoms with E-state index in [0.29, 0.717) is 12.2 Å². The summed E-state index contributed by atoms with van der Waals surface area (Å²) >= 11 is 0. The molecule has 0 aliphatic heterocycles. The van der Waals surface area contributed by atoms with Crippen molar-refractivity contribution in [1.29, 1.82) is 5.41 Å². The maximum Gasteiger partial charge on any atom is 0.306 e. The van der Waals surface area contributed by atoms with Crippen molar-refractivity contribution in [1.82, 2.24) is 0 Å². The van der Waals surface area contributed by atoms with Gasteiger partial charge in [-0.05, 0) is 47.6 Å². The van der Waals surface area contributed by atoms with Gasteiger partial charge in [0, 0.05) is 24.3 Å². The molecule has 0 aromatic heterocycles. The summed E-state index contributed by atoms with van der Waals surface area (Å²) in [7, 11) is 0. The van der Waals surface area contributed by atoms with Gasteiger partial charge in [-0.2, -0.15) is 0 Å². The molecule has 2 aromatic rings. The van der Waals surface area contributed by atoms with E-state index in [4.69, 9.17) is 20.0 Å². The smallest absolute Gasteiger partial charge is 0.306 e. The fraction of sp³-hybridized carbons (Fsp3) is 0.467. The second-order valence-corrected chi connectivity index (χ2v) is 9.29. The normalized spacial score (nSPS) is 12.6. The third kappa shape index (κ3) is 6.90. The molecule has 0 radical (unpaired) electrons. The Balaban J connectivity index is 0.00000106. The predicted molar refractivity (Wildman–Crippen MR) is 143 cm³/mol. The number of Topliss-reactive ketones (excluding diaryl/α,β-unsaturated/α-hetero) is 1. The highest BCUT2D eigenvalue weighted by atomic mass is 16.5. The number of aliphatic carboxylic acids is 1. The van der Waals surface area contributed by atoms with Gasteiger partial charge in [-0.25, -0.2) is 0 Å². The van der Waals surface area contributed by atoms with Crippen LogP contribution in [0.15, 0.2) is 42.5 Å². The topological polar surface area (TPSA) is 105 Å². The molecule has 36 heavy (non-hydrogen) atoms. The summed E-state index contributed by atoms with van der Waals surface area (Å²) in [5.41, 5.74) is 5.44. The van der Waals surface area contributed by atoms with Crippen LogP contribution in [0, 0.1) is 5.41 Å². The molecule has 0 bridgehead atoms. The number of carboxylic acids is 1. The van der Waals surface area contributed by atoms with E-state index in [9.17, 15) is 9.59 Å². The van der Waals surface area contributed by atoms with Crippen LogP contribution < -0.4 is 0 Å². The van der Waals surface area contributed by atoms with Crippen LogP contribution >= 0.6 is 0 Å². The van der Waals surface area contributed by atoms with Crippen LogP contribution in [-0.2, 0) is 19.7 Å². The molecule has 1 aliphatic rings. The molecule has 6 heteroatoms. The largest absolute Gasteiger partial charge is 0.481 e. The number of benzene rings is 2. The molecule has 0 spiro atoms. The Labute approximate surface area is 214 Å². The van der Waals surface area contributed by atoms with E-state index < -0.39 is 5.97 Å². The highest BCUT2D eigenvalue weighted by molar-refractivity contribution is 6.45. The van der Waals surface area contributed by atoms with E-state index in [0.717, 1.165) is 45.4 Å². The van der Waals surface area contributed by atoms with Crippen molar-refractivity contribution >= 4 is 23.4 Å². The van der Waals surface area contributed by atoms with Crippen LogP contribution in [0.2, 0.25) is 0 Å². The SMILES string of the molecule is CC(=O)O.CCCCOC(=O)CCC(=N)C(=O)c1ccc2c(c1)C(CCC)(CCC)c1ccccc1-2. The molecule has 0 unspecified atom stereocenters. The second kappa shape index (κ2) is 13.7. The van der Waals surface area contributed by atoms with Crippen LogP contribution in [0.5, 0.6) is 0 Å². The number of carbonyl (C=O) groups excluding carboxylic acids is 2. The van der Waals surface area contributed by atoms with E-state index in [1.54, 1.807) is 0 Å². The third-order valence-corrected chi connectivity index (χ3v) is 6.50. The molecule has 0 amide bonds. The average molecular weight is 494 g/mol. The number of hydrogen-bond acceptors (Lipinski definition) is 5. The molecule has 2 aromatic carbocycles.